The second-order valence-corrected chi connectivity index (χ2v) is 8.88. The van der Waals surface area contributed by atoms with Gasteiger partial charge in [0.2, 0.25) is 11.9 Å². The molecule has 31 heavy (non-hydrogen) atoms. The van der Waals surface area contributed by atoms with Crippen molar-refractivity contribution in [2.75, 3.05) is 24.5 Å². The average molecular weight is 457 g/mol. The molecule has 0 aliphatic carbocycles. The highest BCUT2D eigenvalue weighted by Crippen LogP contribution is 2.41. The molecule has 2 aromatic rings. The van der Waals surface area contributed by atoms with Gasteiger partial charge in [0.1, 0.15) is 0 Å². The molecule has 0 bridgehead atoms. The molecule has 2 aliphatic heterocycles. The molecule has 1 N–H and O–H groups in total. The van der Waals surface area contributed by atoms with Crippen LogP contribution in [0.4, 0.5) is 19.1 Å². The summed E-state index contributed by atoms with van der Waals surface area (Å²) in [6.07, 6.45) is 0.259. The maximum absolute atomic E-state index is 12.5. The van der Waals surface area contributed by atoms with Crippen molar-refractivity contribution in [1.82, 2.24) is 19.9 Å². The summed E-state index contributed by atoms with van der Waals surface area (Å²) in [6, 6.07) is 0. The van der Waals surface area contributed by atoms with Crippen molar-refractivity contribution in [1.29, 1.82) is 0 Å². The van der Waals surface area contributed by atoms with Gasteiger partial charge in [-0.15, -0.1) is 11.3 Å². The molecule has 0 saturated carbocycles. The van der Waals surface area contributed by atoms with E-state index in [1.165, 1.54) is 0 Å². The topological polar surface area (TPSA) is 99.5 Å². The normalized spacial score (nSPS) is 20.9. The zero-order valence-electron chi connectivity index (χ0n) is 17.0. The van der Waals surface area contributed by atoms with Gasteiger partial charge >= 0.3 is 12.1 Å². The van der Waals surface area contributed by atoms with Crippen molar-refractivity contribution in [3.05, 3.63) is 34.0 Å². The molecule has 2 saturated heterocycles. The summed E-state index contributed by atoms with van der Waals surface area (Å²) >= 11 is 1.64. The number of carboxylic acid groups (broad SMARTS) is 1. The Morgan fingerprint density at radius 2 is 1.90 bits per heavy atom. The molecule has 2 fully saturated rings. The highest BCUT2D eigenvalue weighted by Gasteiger charge is 2.48. The number of hydrogen-bond acceptors (Lipinski definition) is 7. The molecular weight excluding hydrogens is 435 g/mol. The van der Waals surface area contributed by atoms with Crippen molar-refractivity contribution in [2.24, 2.45) is 5.41 Å². The number of rotatable bonds is 3. The smallest absolute Gasteiger partial charge is 0.475 e. The lowest BCUT2D eigenvalue weighted by Gasteiger charge is -2.24. The number of nitrogens with zero attached hydrogens (tertiary/aromatic N) is 5. The van der Waals surface area contributed by atoms with Crippen molar-refractivity contribution in [2.45, 2.75) is 39.4 Å². The maximum atomic E-state index is 12.5. The van der Waals surface area contributed by atoms with Crippen LogP contribution in [0.25, 0.3) is 0 Å². The molecule has 1 amide bonds. The monoisotopic (exact) mass is 457 g/mol. The summed E-state index contributed by atoms with van der Waals surface area (Å²) in [4.78, 5) is 38.9. The van der Waals surface area contributed by atoms with Crippen LogP contribution in [0, 0.1) is 19.3 Å². The largest absolute Gasteiger partial charge is 0.490 e. The lowest BCUT2D eigenvalue weighted by Crippen LogP contribution is -2.31. The Labute approximate surface area is 180 Å². The lowest BCUT2D eigenvalue weighted by atomic mass is 9.86. The van der Waals surface area contributed by atoms with Gasteiger partial charge in [-0.1, -0.05) is 0 Å². The fourth-order valence-electron chi connectivity index (χ4n) is 3.73. The molecule has 1 atom stereocenters. The minimum Gasteiger partial charge on any atom is -0.475 e. The molecule has 1 unspecified atom stereocenters. The predicted molar refractivity (Wildman–Crippen MR) is 107 cm³/mol. The van der Waals surface area contributed by atoms with Gasteiger partial charge in [0.15, 0.2) is 0 Å². The number of amides is 1. The number of aryl methyl sites for hydroxylation is 2. The third-order valence-electron chi connectivity index (χ3n) is 5.16. The zero-order valence-corrected chi connectivity index (χ0v) is 17.8. The molecule has 4 heterocycles. The second-order valence-electron chi connectivity index (χ2n) is 7.82. The van der Waals surface area contributed by atoms with Crippen LogP contribution in [0.3, 0.4) is 0 Å². The molecular formula is C19H22F3N5O3S. The summed E-state index contributed by atoms with van der Waals surface area (Å²) in [6.45, 7) is 7.20. The van der Waals surface area contributed by atoms with E-state index >= 15 is 0 Å². The van der Waals surface area contributed by atoms with Crippen LogP contribution in [0.1, 0.15) is 29.1 Å². The number of alkyl halides is 3. The first kappa shape index (κ1) is 22.9. The van der Waals surface area contributed by atoms with E-state index in [1.807, 2.05) is 31.1 Å². The molecule has 12 heteroatoms. The molecule has 1 spiro atoms. The van der Waals surface area contributed by atoms with Gasteiger partial charge in [-0.25, -0.2) is 19.7 Å². The number of carbonyl (C=O) groups is 2. The van der Waals surface area contributed by atoms with Crippen molar-refractivity contribution < 1.29 is 27.9 Å². The minimum atomic E-state index is -5.08. The van der Waals surface area contributed by atoms with Crippen LogP contribution in [0.5, 0.6) is 0 Å². The molecule has 2 aromatic heterocycles. The lowest BCUT2D eigenvalue weighted by molar-refractivity contribution is -0.192. The van der Waals surface area contributed by atoms with Crippen LogP contribution in [-0.2, 0) is 16.1 Å². The van der Waals surface area contributed by atoms with Gasteiger partial charge in [0, 0.05) is 49.2 Å². The van der Waals surface area contributed by atoms with E-state index in [-0.39, 0.29) is 11.3 Å². The highest BCUT2D eigenvalue weighted by molar-refractivity contribution is 7.09. The number of likely N-dealkylation sites (tertiary alicyclic amines) is 1. The summed E-state index contributed by atoms with van der Waals surface area (Å²) < 4.78 is 31.7. The van der Waals surface area contributed by atoms with Gasteiger partial charge < -0.3 is 14.9 Å². The average Bonchev–Trinajstić information content (AvgIpc) is 3.36. The number of aliphatic carboxylic acids is 1. The van der Waals surface area contributed by atoms with Crippen molar-refractivity contribution >= 4 is 29.2 Å². The number of halogens is 3. The number of carbonyl (C=O) groups excluding carboxylic acids is 1. The Morgan fingerprint density at radius 3 is 2.45 bits per heavy atom. The van der Waals surface area contributed by atoms with E-state index < -0.39 is 12.1 Å². The standard InChI is InChI=1S/C17H21N5OS.C2HF3O2/c1-12-6-18-16(19-7-12)21-4-3-17(10-21)5-15(23)22(11-17)8-14-9-24-13(2)20-14;3-2(4,5)1(6)7/h6-7,9H,3-5,8,10-11H2,1-2H3;(H,6,7). The molecule has 0 radical (unpaired) electrons. The van der Waals surface area contributed by atoms with E-state index in [9.17, 15) is 18.0 Å². The molecule has 0 aromatic carbocycles. The van der Waals surface area contributed by atoms with Gasteiger partial charge in [-0.2, -0.15) is 13.2 Å². The Kier molecular flexibility index (Phi) is 6.48. The van der Waals surface area contributed by atoms with Gasteiger partial charge in [-0.05, 0) is 25.8 Å². The molecule has 4 rings (SSSR count). The number of hydrogen-bond donors (Lipinski definition) is 1. The van der Waals surface area contributed by atoms with Crippen LogP contribution < -0.4 is 4.90 Å². The number of carboxylic acids is 1. The quantitative estimate of drug-likeness (QED) is 0.757. The third kappa shape index (κ3) is 5.69. The van der Waals surface area contributed by atoms with E-state index in [0.717, 1.165) is 48.3 Å². The van der Waals surface area contributed by atoms with Gasteiger partial charge in [-0.3, -0.25) is 4.79 Å². The zero-order chi connectivity index (χ0) is 22.8. The van der Waals surface area contributed by atoms with Crippen LogP contribution in [0.2, 0.25) is 0 Å². The number of thiazole rings is 1. The van der Waals surface area contributed by atoms with Crippen molar-refractivity contribution in [3.8, 4) is 0 Å². The summed E-state index contributed by atoms with van der Waals surface area (Å²) in [5, 5.41) is 10.2. The first-order valence-corrected chi connectivity index (χ1v) is 10.4. The van der Waals surface area contributed by atoms with Crippen LogP contribution >= 0.6 is 11.3 Å². The fourth-order valence-corrected chi connectivity index (χ4v) is 4.33. The molecule has 2 aliphatic rings. The van der Waals surface area contributed by atoms with E-state index in [0.29, 0.717) is 13.0 Å². The first-order valence-electron chi connectivity index (χ1n) is 9.50. The van der Waals surface area contributed by atoms with Gasteiger partial charge in [0.05, 0.1) is 17.2 Å². The Balaban J connectivity index is 0.000000339. The Morgan fingerprint density at radius 1 is 1.26 bits per heavy atom. The summed E-state index contributed by atoms with van der Waals surface area (Å²) in [5.41, 5.74) is 2.10. The van der Waals surface area contributed by atoms with Gasteiger partial charge in [0.25, 0.3) is 0 Å². The maximum Gasteiger partial charge on any atom is 0.490 e. The summed E-state index contributed by atoms with van der Waals surface area (Å²) in [5.74, 6) is -1.74. The molecule has 168 valence electrons. The Bertz CT molecular complexity index is 950. The van der Waals surface area contributed by atoms with Crippen LogP contribution in [0.15, 0.2) is 17.8 Å². The van der Waals surface area contributed by atoms with E-state index in [2.05, 4.69) is 25.2 Å². The third-order valence-corrected chi connectivity index (χ3v) is 5.98. The number of aromatic nitrogens is 3. The predicted octanol–water partition coefficient (Wildman–Crippen LogP) is 2.81. The number of anilines is 1. The molecule has 8 nitrogen and oxygen atoms in total. The first-order chi connectivity index (χ1) is 14.5. The van der Waals surface area contributed by atoms with Crippen molar-refractivity contribution in [3.63, 3.8) is 0 Å². The highest BCUT2D eigenvalue weighted by atomic mass is 32.1. The van der Waals surface area contributed by atoms with Crippen LogP contribution in [-0.4, -0.2) is 62.6 Å². The SMILES string of the molecule is Cc1cnc(N2CCC3(CC(=O)N(Cc4csc(C)n4)C3)C2)nc1.O=C(O)C(F)(F)F. The second kappa shape index (κ2) is 8.77. The fraction of sp³-hybridized carbons (Fsp3) is 0.526. The summed E-state index contributed by atoms with van der Waals surface area (Å²) in [7, 11) is 0. The van der Waals surface area contributed by atoms with E-state index in [4.69, 9.17) is 9.90 Å². The minimum absolute atomic E-state index is 0.0381. The van der Waals surface area contributed by atoms with E-state index in [1.54, 1.807) is 11.3 Å². The Hall–Kier alpha value is -2.76.